The molecule has 1 atom stereocenters. The van der Waals surface area contributed by atoms with Gasteiger partial charge in [-0.3, -0.25) is 4.79 Å². The third-order valence-electron chi connectivity index (χ3n) is 3.25. The van der Waals surface area contributed by atoms with E-state index in [2.05, 4.69) is 5.32 Å². The van der Waals surface area contributed by atoms with Crippen LogP contribution in [0.3, 0.4) is 0 Å². The van der Waals surface area contributed by atoms with E-state index >= 15 is 0 Å². The zero-order chi connectivity index (χ0) is 13.3. The first kappa shape index (κ1) is 13.2. The molecule has 0 bridgehead atoms. The number of methoxy groups -OCH3 is 1. The molecule has 18 heavy (non-hydrogen) atoms. The van der Waals surface area contributed by atoms with Gasteiger partial charge in [-0.25, -0.2) is 0 Å². The molecule has 1 saturated heterocycles. The second-order valence-electron chi connectivity index (χ2n) is 4.47. The van der Waals surface area contributed by atoms with Crippen LogP contribution in [0.25, 0.3) is 0 Å². The molecule has 1 aliphatic heterocycles. The number of anilines is 1. The van der Waals surface area contributed by atoms with Gasteiger partial charge in [0.05, 0.1) is 12.8 Å². The van der Waals surface area contributed by atoms with E-state index in [9.17, 15) is 4.79 Å². The van der Waals surface area contributed by atoms with E-state index in [-0.39, 0.29) is 11.9 Å². The number of amides is 1. The third kappa shape index (κ3) is 2.31. The van der Waals surface area contributed by atoms with Crippen molar-refractivity contribution in [2.24, 2.45) is 0 Å². The molecule has 1 unspecified atom stereocenters. The Kier molecular flexibility index (Phi) is 3.78. The van der Waals surface area contributed by atoms with Gasteiger partial charge in [-0.05, 0) is 31.7 Å². The Labute approximate surface area is 112 Å². The molecule has 2 rings (SSSR count). The van der Waals surface area contributed by atoms with Crippen molar-refractivity contribution in [3.05, 3.63) is 22.7 Å². The number of nitrogens with zero attached hydrogens (tertiary/aromatic N) is 1. The minimum Gasteiger partial charge on any atom is -0.494 e. The zero-order valence-corrected chi connectivity index (χ0v) is 11.5. The van der Waals surface area contributed by atoms with E-state index in [4.69, 9.17) is 16.3 Å². The van der Waals surface area contributed by atoms with Crippen LogP contribution in [0.4, 0.5) is 5.69 Å². The second-order valence-corrected chi connectivity index (χ2v) is 4.91. The van der Waals surface area contributed by atoms with Crippen LogP contribution in [0, 0.1) is 6.92 Å². The van der Waals surface area contributed by atoms with Crippen molar-refractivity contribution in [1.82, 2.24) is 5.32 Å². The average molecular weight is 269 g/mol. The van der Waals surface area contributed by atoms with Gasteiger partial charge in [0.1, 0.15) is 5.75 Å². The molecule has 0 saturated carbocycles. The second kappa shape index (κ2) is 5.16. The maximum absolute atomic E-state index is 12.0. The SMILES string of the molecule is CNC1CC(=O)N(c2cc(Cl)cc(C)c2OC)C1. The number of carbonyl (C=O) groups is 1. The van der Waals surface area contributed by atoms with Crippen LogP contribution >= 0.6 is 11.6 Å². The van der Waals surface area contributed by atoms with E-state index < -0.39 is 0 Å². The van der Waals surface area contributed by atoms with Crippen LogP contribution in [0.15, 0.2) is 12.1 Å². The molecule has 0 spiro atoms. The lowest BCUT2D eigenvalue weighted by Gasteiger charge is -2.21. The number of nitrogens with one attached hydrogen (secondary N) is 1. The maximum Gasteiger partial charge on any atom is 0.228 e. The normalized spacial score (nSPS) is 19.4. The predicted molar refractivity (Wildman–Crippen MR) is 72.6 cm³/mol. The third-order valence-corrected chi connectivity index (χ3v) is 3.47. The molecule has 1 N–H and O–H groups in total. The van der Waals surface area contributed by atoms with Crippen LogP contribution in [-0.2, 0) is 4.79 Å². The van der Waals surface area contributed by atoms with Crippen molar-refractivity contribution >= 4 is 23.2 Å². The Morgan fingerprint density at radius 1 is 1.50 bits per heavy atom. The van der Waals surface area contributed by atoms with E-state index in [1.54, 1.807) is 18.1 Å². The smallest absolute Gasteiger partial charge is 0.228 e. The molecular formula is C13H17ClN2O2. The number of rotatable bonds is 3. The Hall–Kier alpha value is -1.26. The van der Waals surface area contributed by atoms with Crippen molar-refractivity contribution in [1.29, 1.82) is 0 Å². The van der Waals surface area contributed by atoms with E-state index in [1.165, 1.54) is 0 Å². The quantitative estimate of drug-likeness (QED) is 0.912. The van der Waals surface area contributed by atoms with Crippen LogP contribution < -0.4 is 15.0 Å². The number of benzene rings is 1. The Balaban J connectivity index is 2.41. The lowest BCUT2D eigenvalue weighted by atomic mass is 10.2. The number of halogens is 1. The molecule has 1 aliphatic rings. The van der Waals surface area contributed by atoms with Crippen LogP contribution in [-0.4, -0.2) is 32.7 Å². The lowest BCUT2D eigenvalue weighted by molar-refractivity contribution is -0.117. The first-order valence-corrected chi connectivity index (χ1v) is 6.26. The number of carbonyl (C=O) groups excluding carboxylic acids is 1. The summed E-state index contributed by atoms with van der Waals surface area (Å²) in [6.45, 7) is 2.57. The van der Waals surface area contributed by atoms with Crippen molar-refractivity contribution < 1.29 is 9.53 Å². The highest BCUT2D eigenvalue weighted by Crippen LogP contribution is 2.36. The Bertz CT molecular complexity index is 476. The van der Waals surface area contributed by atoms with Gasteiger partial charge >= 0.3 is 0 Å². The highest BCUT2D eigenvalue weighted by Gasteiger charge is 2.31. The molecule has 4 nitrogen and oxygen atoms in total. The molecule has 1 amide bonds. The maximum atomic E-state index is 12.0. The summed E-state index contributed by atoms with van der Waals surface area (Å²) in [6, 6.07) is 3.80. The number of hydrogen-bond acceptors (Lipinski definition) is 3. The van der Waals surface area contributed by atoms with Crippen molar-refractivity contribution in [2.45, 2.75) is 19.4 Å². The van der Waals surface area contributed by atoms with Gasteiger partial charge in [0.2, 0.25) is 5.91 Å². The monoisotopic (exact) mass is 268 g/mol. The topological polar surface area (TPSA) is 41.6 Å². The summed E-state index contributed by atoms with van der Waals surface area (Å²) in [5, 5.41) is 3.74. The fourth-order valence-electron chi connectivity index (χ4n) is 2.31. The zero-order valence-electron chi connectivity index (χ0n) is 10.8. The van der Waals surface area contributed by atoms with Gasteiger partial charge in [-0.1, -0.05) is 11.6 Å². The lowest BCUT2D eigenvalue weighted by Crippen LogP contribution is -2.30. The average Bonchev–Trinajstić information content (AvgIpc) is 2.69. The van der Waals surface area contributed by atoms with Gasteiger partial charge in [0.25, 0.3) is 0 Å². The van der Waals surface area contributed by atoms with Crippen LogP contribution in [0.5, 0.6) is 5.75 Å². The number of ether oxygens (including phenoxy) is 1. The highest BCUT2D eigenvalue weighted by atomic mass is 35.5. The molecule has 5 heteroatoms. The van der Waals surface area contributed by atoms with E-state index in [1.807, 2.05) is 20.0 Å². The summed E-state index contributed by atoms with van der Waals surface area (Å²) in [4.78, 5) is 13.8. The molecule has 98 valence electrons. The van der Waals surface area contributed by atoms with Crippen LogP contribution in [0.1, 0.15) is 12.0 Å². The first-order valence-electron chi connectivity index (χ1n) is 5.88. The summed E-state index contributed by atoms with van der Waals surface area (Å²) >= 11 is 6.07. The fourth-order valence-corrected chi connectivity index (χ4v) is 2.58. The predicted octanol–water partition coefficient (Wildman–Crippen LogP) is 1.98. The van der Waals surface area contributed by atoms with Gasteiger partial charge in [0.15, 0.2) is 0 Å². The molecule has 0 aromatic heterocycles. The summed E-state index contributed by atoms with van der Waals surface area (Å²) in [6.07, 6.45) is 0.505. The molecule has 1 fully saturated rings. The van der Waals surface area contributed by atoms with Crippen molar-refractivity contribution in [3.63, 3.8) is 0 Å². The van der Waals surface area contributed by atoms with Crippen LogP contribution in [0.2, 0.25) is 5.02 Å². The van der Waals surface area contributed by atoms with Gasteiger partial charge in [-0.2, -0.15) is 0 Å². The largest absolute Gasteiger partial charge is 0.494 e. The number of aryl methyl sites for hydroxylation is 1. The summed E-state index contributed by atoms with van der Waals surface area (Å²) in [7, 11) is 3.47. The Morgan fingerprint density at radius 2 is 2.22 bits per heavy atom. The number of hydrogen-bond donors (Lipinski definition) is 1. The minimum absolute atomic E-state index is 0.0920. The van der Waals surface area contributed by atoms with Crippen molar-refractivity contribution in [2.75, 3.05) is 25.6 Å². The molecule has 0 radical (unpaired) electrons. The standard InChI is InChI=1S/C13H17ClN2O2/c1-8-4-9(14)5-11(13(8)18-3)16-7-10(15-2)6-12(16)17/h4-5,10,15H,6-7H2,1-3H3. The summed E-state index contributed by atoms with van der Waals surface area (Å²) < 4.78 is 5.39. The highest BCUT2D eigenvalue weighted by molar-refractivity contribution is 6.31. The molecule has 0 aliphatic carbocycles. The molecule has 1 aromatic rings. The fraction of sp³-hybridized carbons (Fsp3) is 0.462. The molecule has 1 heterocycles. The van der Waals surface area contributed by atoms with E-state index in [0.29, 0.717) is 23.7 Å². The van der Waals surface area contributed by atoms with Gasteiger partial charge in [-0.15, -0.1) is 0 Å². The summed E-state index contributed by atoms with van der Waals surface area (Å²) in [5.41, 5.74) is 1.69. The van der Waals surface area contributed by atoms with Crippen molar-refractivity contribution in [3.8, 4) is 5.75 Å². The van der Waals surface area contributed by atoms with Gasteiger partial charge in [0, 0.05) is 24.0 Å². The van der Waals surface area contributed by atoms with Gasteiger partial charge < -0.3 is 15.0 Å². The van der Waals surface area contributed by atoms with E-state index in [0.717, 1.165) is 11.3 Å². The first-order chi connectivity index (χ1) is 8.56. The Morgan fingerprint density at radius 3 is 2.78 bits per heavy atom. The molecule has 1 aromatic carbocycles. The number of likely N-dealkylation sites (N-methyl/N-ethyl adjacent to an activating group) is 1. The summed E-state index contributed by atoms with van der Waals surface area (Å²) in [5.74, 6) is 0.804. The minimum atomic E-state index is 0.0920. The molecular weight excluding hydrogens is 252 g/mol.